The highest BCUT2D eigenvalue weighted by molar-refractivity contribution is 6.10. The number of carbonyl (C=O) groups excluding carboxylic acids is 1. The van der Waals surface area contributed by atoms with E-state index >= 15 is 0 Å². The predicted octanol–water partition coefficient (Wildman–Crippen LogP) is 3.82. The highest BCUT2D eigenvalue weighted by atomic mass is 19.4. The van der Waals surface area contributed by atoms with Gasteiger partial charge in [-0.25, -0.2) is 0 Å². The number of alkyl halides is 3. The van der Waals surface area contributed by atoms with E-state index in [9.17, 15) is 18.0 Å². The number of halogens is 3. The van der Waals surface area contributed by atoms with E-state index in [2.05, 4.69) is 0 Å². The van der Waals surface area contributed by atoms with Crippen molar-refractivity contribution < 1.29 is 22.7 Å². The topological polar surface area (TPSA) is 50.1 Å². The van der Waals surface area contributed by atoms with Crippen molar-refractivity contribution in [2.45, 2.75) is 6.18 Å². The van der Waals surface area contributed by atoms with Crippen LogP contribution in [0.25, 0.3) is 0 Å². The molecule has 0 N–H and O–H groups in total. The number of ether oxygens (including phenoxy) is 1. The Morgan fingerprint density at radius 2 is 1.77 bits per heavy atom. The van der Waals surface area contributed by atoms with E-state index in [1.54, 1.807) is 0 Å². The third kappa shape index (κ3) is 3.09. The molecule has 112 valence electrons. The zero-order valence-electron chi connectivity index (χ0n) is 11.4. The molecule has 0 amide bonds. The number of methoxy groups -OCH3 is 1. The predicted molar refractivity (Wildman–Crippen MR) is 72.6 cm³/mol. The van der Waals surface area contributed by atoms with Gasteiger partial charge in [0.05, 0.1) is 29.9 Å². The largest absolute Gasteiger partial charge is 0.496 e. The lowest BCUT2D eigenvalue weighted by Gasteiger charge is -2.12. The van der Waals surface area contributed by atoms with Crippen LogP contribution in [-0.2, 0) is 6.18 Å². The normalized spacial score (nSPS) is 10.9. The van der Waals surface area contributed by atoms with E-state index < -0.39 is 17.5 Å². The summed E-state index contributed by atoms with van der Waals surface area (Å²) in [6.07, 6.45) is -4.55. The first-order valence-corrected chi connectivity index (χ1v) is 6.17. The molecule has 0 radical (unpaired) electrons. The van der Waals surface area contributed by atoms with Crippen molar-refractivity contribution in [3.63, 3.8) is 0 Å². The molecule has 0 aliphatic carbocycles. The summed E-state index contributed by atoms with van der Waals surface area (Å²) >= 11 is 0. The van der Waals surface area contributed by atoms with Crippen molar-refractivity contribution in [2.75, 3.05) is 7.11 Å². The molecule has 2 aromatic carbocycles. The van der Waals surface area contributed by atoms with E-state index in [-0.39, 0.29) is 16.9 Å². The van der Waals surface area contributed by atoms with Gasteiger partial charge in [-0.1, -0.05) is 0 Å². The maximum atomic E-state index is 12.8. The molecule has 0 aliphatic heterocycles. The van der Waals surface area contributed by atoms with Crippen molar-refractivity contribution in [1.29, 1.82) is 5.26 Å². The summed E-state index contributed by atoms with van der Waals surface area (Å²) in [5.41, 5.74) is -0.573. The van der Waals surface area contributed by atoms with Crippen LogP contribution < -0.4 is 4.74 Å². The van der Waals surface area contributed by atoms with E-state index in [0.29, 0.717) is 5.56 Å². The molecule has 6 heteroatoms. The molecule has 0 unspecified atom stereocenters. The zero-order valence-corrected chi connectivity index (χ0v) is 11.4. The first-order valence-electron chi connectivity index (χ1n) is 6.17. The van der Waals surface area contributed by atoms with Gasteiger partial charge >= 0.3 is 6.18 Å². The number of carbonyl (C=O) groups is 1. The van der Waals surface area contributed by atoms with Gasteiger partial charge in [-0.3, -0.25) is 4.79 Å². The molecule has 0 atom stereocenters. The van der Waals surface area contributed by atoms with Crippen molar-refractivity contribution in [3.05, 3.63) is 64.7 Å². The van der Waals surface area contributed by atoms with Gasteiger partial charge in [0.25, 0.3) is 0 Å². The summed E-state index contributed by atoms with van der Waals surface area (Å²) < 4.78 is 43.3. The molecule has 0 saturated carbocycles. The Labute approximate surface area is 124 Å². The van der Waals surface area contributed by atoms with Gasteiger partial charge in [-0.15, -0.1) is 0 Å². The van der Waals surface area contributed by atoms with Gasteiger partial charge in [0.1, 0.15) is 5.75 Å². The Morgan fingerprint density at radius 1 is 1.14 bits per heavy atom. The second kappa shape index (κ2) is 5.90. The molecule has 0 saturated heterocycles. The first-order chi connectivity index (χ1) is 10.4. The quantitative estimate of drug-likeness (QED) is 0.810. The van der Waals surface area contributed by atoms with Gasteiger partial charge < -0.3 is 4.74 Å². The van der Waals surface area contributed by atoms with Crippen LogP contribution in [0.15, 0.2) is 42.5 Å². The van der Waals surface area contributed by atoms with Crippen molar-refractivity contribution in [1.82, 2.24) is 0 Å². The summed E-state index contributed by atoms with van der Waals surface area (Å²) in [6.45, 7) is 0. The minimum atomic E-state index is -4.55. The fraction of sp³-hybridized carbons (Fsp3) is 0.125. The molecule has 2 rings (SSSR count). The molecular formula is C16H10F3NO2. The number of hydrogen-bond acceptors (Lipinski definition) is 3. The smallest absolute Gasteiger partial charge is 0.416 e. The average Bonchev–Trinajstić information content (AvgIpc) is 2.52. The molecule has 22 heavy (non-hydrogen) atoms. The fourth-order valence-electron chi connectivity index (χ4n) is 1.91. The number of nitriles is 1. The van der Waals surface area contributed by atoms with Crippen LogP contribution in [0.5, 0.6) is 5.75 Å². The van der Waals surface area contributed by atoms with Crippen LogP contribution in [0.1, 0.15) is 27.0 Å². The first kappa shape index (κ1) is 15.6. The molecule has 0 spiro atoms. The molecule has 0 fully saturated rings. The van der Waals surface area contributed by atoms with Gasteiger partial charge in [0.15, 0.2) is 5.78 Å². The lowest BCUT2D eigenvalue weighted by Crippen LogP contribution is -2.10. The van der Waals surface area contributed by atoms with Crippen molar-refractivity contribution >= 4 is 5.78 Å². The Balaban J connectivity index is 2.49. The zero-order chi connectivity index (χ0) is 16.3. The summed E-state index contributed by atoms with van der Waals surface area (Å²) in [7, 11) is 1.28. The molecule has 2 aromatic rings. The molecule has 3 nitrogen and oxygen atoms in total. The number of hydrogen-bond donors (Lipinski definition) is 0. The summed E-state index contributed by atoms with van der Waals surface area (Å²) in [5.74, 6) is -0.546. The maximum Gasteiger partial charge on any atom is 0.416 e. The average molecular weight is 305 g/mol. The molecule has 0 bridgehead atoms. The third-order valence-electron chi connectivity index (χ3n) is 3.05. The van der Waals surface area contributed by atoms with Gasteiger partial charge in [0, 0.05) is 5.56 Å². The minimum absolute atomic E-state index is 0.0577. The number of nitrogens with zero attached hydrogens (tertiary/aromatic N) is 1. The SMILES string of the molecule is COc1ccc(C(F)(F)F)cc1C(=O)c1ccc(C#N)cc1. The number of ketones is 1. The van der Waals surface area contributed by atoms with E-state index in [1.165, 1.54) is 31.4 Å². The van der Waals surface area contributed by atoms with E-state index in [1.807, 2.05) is 6.07 Å². The monoisotopic (exact) mass is 305 g/mol. The van der Waals surface area contributed by atoms with Crippen LogP contribution >= 0.6 is 0 Å². The second-order valence-corrected chi connectivity index (χ2v) is 4.43. The van der Waals surface area contributed by atoms with Gasteiger partial charge in [-0.2, -0.15) is 18.4 Å². The van der Waals surface area contributed by atoms with Crippen LogP contribution in [0.3, 0.4) is 0 Å². The minimum Gasteiger partial charge on any atom is -0.496 e. The fourth-order valence-corrected chi connectivity index (χ4v) is 1.91. The Hall–Kier alpha value is -2.81. The summed E-state index contributed by atoms with van der Waals surface area (Å²) in [5, 5.41) is 8.71. The molecular weight excluding hydrogens is 295 g/mol. The molecule has 0 aliphatic rings. The highest BCUT2D eigenvalue weighted by Gasteiger charge is 2.32. The van der Waals surface area contributed by atoms with E-state index in [0.717, 1.165) is 18.2 Å². The standard InChI is InChI=1S/C16H10F3NO2/c1-22-14-7-6-12(16(17,18)19)8-13(14)15(21)11-4-2-10(9-20)3-5-11/h2-8H,1H3. The highest BCUT2D eigenvalue weighted by Crippen LogP contribution is 2.33. The van der Waals surface area contributed by atoms with Gasteiger partial charge in [0.2, 0.25) is 0 Å². The lowest BCUT2D eigenvalue weighted by molar-refractivity contribution is -0.137. The van der Waals surface area contributed by atoms with Gasteiger partial charge in [-0.05, 0) is 42.5 Å². The molecule has 0 heterocycles. The van der Waals surface area contributed by atoms with Crippen molar-refractivity contribution in [2.24, 2.45) is 0 Å². The number of rotatable bonds is 3. The Bertz CT molecular complexity index is 743. The molecule has 0 aromatic heterocycles. The lowest BCUT2D eigenvalue weighted by atomic mass is 9.99. The maximum absolute atomic E-state index is 12.8. The van der Waals surface area contributed by atoms with Crippen LogP contribution in [0.2, 0.25) is 0 Å². The second-order valence-electron chi connectivity index (χ2n) is 4.43. The Kier molecular flexibility index (Phi) is 4.18. The summed E-state index contributed by atoms with van der Waals surface area (Å²) in [4.78, 5) is 12.4. The van der Waals surface area contributed by atoms with Crippen LogP contribution in [0, 0.1) is 11.3 Å². The Morgan fingerprint density at radius 3 is 2.27 bits per heavy atom. The van der Waals surface area contributed by atoms with Crippen LogP contribution in [0.4, 0.5) is 13.2 Å². The van der Waals surface area contributed by atoms with Crippen LogP contribution in [-0.4, -0.2) is 12.9 Å². The third-order valence-corrected chi connectivity index (χ3v) is 3.05. The number of benzene rings is 2. The van der Waals surface area contributed by atoms with E-state index in [4.69, 9.17) is 10.00 Å². The summed E-state index contributed by atoms with van der Waals surface area (Å²) in [6, 6.07) is 10.3. The van der Waals surface area contributed by atoms with Crippen molar-refractivity contribution in [3.8, 4) is 11.8 Å².